The average molecular weight is 350 g/mol. The molecule has 0 fully saturated rings. The Morgan fingerprint density at radius 1 is 1.12 bits per heavy atom. The summed E-state index contributed by atoms with van der Waals surface area (Å²) in [5.41, 5.74) is 0.903. The van der Waals surface area contributed by atoms with Gasteiger partial charge in [-0.3, -0.25) is 4.79 Å². The molecule has 0 aliphatic carbocycles. The van der Waals surface area contributed by atoms with Crippen LogP contribution in [0.3, 0.4) is 0 Å². The van der Waals surface area contributed by atoms with E-state index < -0.39 is 0 Å². The molecule has 2 aromatic rings. The molecule has 0 aromatic heterocycles. The number of amides is 1. The molecular formula is C18H20ClNO4. The molecule has 5 nitrogen and oxygen atoms in total. The molecule has 0 aliphatic rings. The third kappa shape index (κ3) is 5.35. The zero-order valence-corrected chi connectivity index (χ0v) is 14.4. The molecule has 24 heavy (non-hydrogen) atoms. The predicted molar refractivity (Wildman–Crippen MR) is 93.2 cm³/mol. The third-order valence-corrected chi connectivity index (χ3v) is 3.67. The van der Waals surface area contributed by atoms with Gasteiger partial charge in [0.05, 0.1) is 13.7 Å². The summed E-state index contributed by atoms with van der Waals surface area (Å²) in [6.07, 6.45) is 0. The van der Waals surface area contributed by atoms with Gasteiger partial charge >= 0.3 is 0 Å². The number of hydrogen-bond acceptors (Lipinski definition) is 4. The largest absolute Gasteiger partial charge is 0.493 e. The van der Waals surface area contributed by atoms with Crippen molar-refractivity contribution < 1.29 is 19.0 Å². The van der Waals surface area contributed by atoms with Gasteiger partial charge in [-0.05, 0) is 42.8 Å². The molecule has 0 saturated carbocycles. The summed E-state index contributed by atoms with van der Waals surface area (Å²) >= 11 is 5.94. The zero-order chi connectivity index (χ0) is 17.4. The quantitative estimate of drug-likeness (QED) is 0.743. The number of benzene rings is 2. The van der Waals surface area contributed by atoms with Gasteiger partial charge in [-0.2, -0.15) is 0 Å². The minimum Gasteiger partial charge on any atom is -0.493 e. The molecule has 0 unspecified atom stereocenters. The molecule has 1 N–H and O–H groups in total. The Morgan fingerprint density at radius 3 is 2.58 bits per heavy atom. The topological polar surface area (TPSA) is 56.8 Å². The van der Waals surface area contributed by atoms with Crippen LogP contribution in [0.2, 0.25) is 5.02 Å². The van der Waals surface area contributed by atoms with Crippen molar-refractivity contribution in [2.24, 2.45) is 0 Å². The Balaban J connectivity index is 1.69. The number of hydrogen-bond donors (Lipinski definition) is 1. The van der Waals surface area contributed by atoms with E-state index in [0.717, 1.165) is 5.56 Å². The van der Waals surface area contributed by atoms with Crippen LogP contribution >= 0.6 is 11.6 Å². The average Bonchev–Trinajstić information content (AvgIpc) is 2.60. The minimum atomic E-state index is -0.216. The molecule has 1 amide bonds. The Bertz CT molecular complexity index is 690. The molecule has 2 rings (SSSR count). The fourth-order valence-corrected chi connectivity index (χ4v) is 2.11. The number of ether oxygens (including phenoxy) is 3. The van der Waals surface area contributed by atoms with Crippen molar-refractivity contribution in [1.29, 1.82) is 0 Å². The van der Waals surface area contributed by atoms with Gasteiger partial charge in [0.2, 0.25) is 0 Å². The lowest BCUT2D eigenvalue weighted by Crippen LogP contribution is -2.32. The van der Waals surface area contributed by atoms with Crippen LogP contribution in [0.4, 0.5) is 0 Å². The lowest BCUT2D eigenvalue weighted by molar-refractivity contribution is -0.123. The highest BCUT2D eigenvalue weighted by atomic mass is 35.5. The second kappa shape index (κ2) is 9.03. The zero-order valence-electron chi connectivity index (χ0n) is 13.7. The fraction of sp³-hybridized carbons (Fsp3) is 0.278. The van der Waals surface area contributed by atoms with E-state index in [2.05, 4.69) is 5.32 Å². The van der Waals surface area contributed by atoms with Gasteiger partial charge in [-0.1, -0.05) is 23.7 Å². The first-order valence-corrected chi connectivity index (χ1v) is 7.89. The van der Waals surface area contributed by atoms with Crippen LogP contribution in [0.1, 0.15) is 5.56 Å². The van der Waals surface area contributed by atoms with Crippen LogP contribution < -0.4 is 19.5 Å². The van der Waals surface area contributed by atoms with Crippen LogP contribution in [0.15, 0.2) is 42.5 Å². The highest BCUT2D eigenvalue weighted by Crippen LogP contribution is 2.25. The van der Waals surface area contributed by atoms with E-state index >= 15 is 0 Å². The SMILES string of the molecule is COc1ccccc1OCCNC(=O)COc1ccc(Cl)c(C)c1. The lowest BCUT2D eigenvalue weighted by atomic mass is 10.2. The smallest absolute Gasteiger partial charge is 0.258 e. The van der Waals surface area contributed by atoms with Gasteiger partial charge in [0.15, 0.2) is 18.1 Å². The summed E-state index contributed by atoms with van der Waals surface area (Å²) in [7, 11) is 1.58. The number of rotatable bonds is 8. The molecule has 0 bridgehead atoms. The molecular weight excluding hydrogens is 330 g/mol. The van der Waals surface area contributed by atoms with E-state index in [9.17, 15) is 4.79 Å². The van der Waals surface area contributed by atoms with Gasteiger partial charge in [-0.25, -0.2) is 0 Å². The van der Waals surface area contributed by atoms with Crippen molar-refractivity contribution in [1.82, 2.24) is 5.32 Å². The molecule has 0 radical (unpaired) electrons. The van der Waals surface area contributed by atoms with Crippen LogP contribution in [0.25, 0.3) is 0 Å². The highest BCUT2D eigenvalue weighted by Gasteiger charge is 2.05. The number of para-hydroxylation sites is 2. The number of nitrogens with one attached hydrogen (secondary N) is 1. The second-order valence-corrected chi connectivity index (χ2v) is 5.46. The van der Waals surface area contributed by atoms with Gasteiger partial charge in [0.1, 0.15) is 12.4 Å². The summed E-state index contributed by atoms with van der Waals surface area (Å²) in [5.74, 6) is 1.69. The van der Waals surface area contributed by atoms with Crippen molar-refractivity contribution in [3.05, 3.63) is 53.1 Å². The predicted octanol–water partition coefficient (Wildman–Crippen LogP) is 3.23. The maximum absolute atomic E-state index is 11.8. The molecule has 0 saturated heterocycles. The number of methoxy groups -OCH3 is 1. The van der Waals surface area contributed by atoms with E-state index in [4.69, 9.17) is 25.8 Å². The van der Waals surface area contributed by atoms with Crippen molar-refractivity contribution in [2.75, 3.05) is 26.9 Å². The lowest BCUT2D eigenvalue weighted by Gasteiger charge is -2.11. The van der Waals surface area contributed by atoms with E-state index in [0.29, 0.717) is 35.4 Å². The molecule has 0 heterocycles. The first kappa shape index (κ1) is 17.9. The molecule has 6 heteroatoms. The summed E-state index contributed by atoms with van der Waals surface area (Å²) in [6, 6.07) is 12.6. The summed E-state index contributed by atoms with van der Waals surface area (Å²) in [4.78, 5) is 11.8. The van der Waals surface area contributed by atoms with Crippen molar-refractivity contribution in [2.45, 2.75) is 6.92 Å². The normalized spacial score (nSPS) is 10.1. The maximum Gasteiger partial charge on any atom is 0.258 e. The first-order valence-electron chi connectivity index (χ1n) is 7.51. The van der Waals surface area contributed by atoms with E-state index in [-0.39, 0.29) is 12.5 Å². The highest BCUT2D eigenvalue weighted by molar-refractivity contribution is 6.31. The van der Waals surface area contributed by atoms with Gasteiger partial charge in [0.25, 0.3) is 5.91 Å². The van der Waals surface area contributed by atoms with Gasteiger partial charge in [-0.15, -0.1) is 0 Å². The Labute approximate surface area is 146 Å². The summed E-state index contributed by atoms with van der Waals surface area (Å²) < 4.78 is 16.2. The van der Waals surface area contributed by atoms with Crippen molar-refractivity contribution in [3.63, 3.8) is 0 Å². The van der Waals surface area contributed by atoms with Crippen LogP contribution in [0, 0.1) is 6.92 Å². The fourth-order valence-electron chi connectivity index (χ4n) is 2.00. The van der Waals surface area contributed by atoms with E-state index in [1.807, 2.05) is 31.2 Å². The molecule has 0 spiro atoms. The van der Waals surface area contributed by atoms with Gasteiger partial charge in [0, 0.05) is 5.02 Å². The number of carbonyl (C=O) groups excluding carboxylic acids is 1. The van der Waals surface area contributed by atoms with Crippen LogP contribution in [-0.4, -0.2) is 32.8 Å². The number of carbonyl (C=O) groups is 1. The maximum atomic E-state index is 11.8. The van der Waals surface area contributed by atoms with Crippen molar-refractivity contribution >= 4 is 17.5 Å². The standard InChI is InChI=1S/C18H20ClNO4/c1-13-11-14(7-8-15(13)19)24-12-18(21)20-9-10-23-17-6-4-3-5-16(17)22-2/h3-8,11H,9-10,12H2,1-2H3,(H,20,21). The van der Waals surface area contributed by atoms with Gasteiger partial charge < -0.3 is 19.5 Å². The van der Waals surface area contributed by atoms with E-state index in [1.54, 1.807) is 25.3 Å². The minimum absolute atomic E-state index is 0.0598. The Hall–Kier alpha value is -2.40. The number of halogens is 1. The van der Waals surface area contributed by atoms with Crippen LogP contribution in [-0.2, 0) is 4.79 Å². The summed E-state index contributed by atoms with van der Waals surface area (Å²) in [5, 5.41) is 3.40. The summed E-state index contributed by atoms with van der Waals surface area (Å²) in [6.45, 7) is 2.53. The molecule has 0 aliphatic heterocycles. The molecule has 0 atom stereocenters. The second-order valence-electron chi connectivity index (χ2n) is 5.05. The Kier molecular flexibility index (Phi) is 6.75. The van der Waals surface area contributed by atoms with E-state index in [1.165, 1.54) is 0 Å². The Morgan fingerprint density at radius 2 is 1.88 bits per heavy atom. The molecule has 2 aromatic carbocycles. The third-order valence-electron chi connectivity index (χ3n) is 3.25. The first-order chi connectivity index (χ1) is 11.6. The number of aryl methyl sites for hydroxylation is 1. The monoisotopic (exact) mass is 349 g/mol. The molecule has 128 valence electrons. The van der Waals surface area contributed by atoms with Crippen molar-refractivity contribution in [3.8, 4) is 17.2 Å². The van der Waals surface area contributed by atoms with Crippen LogP contribution in [0.5, 0.6) is 17.2 Å².